The number of fused-ring (bicyclic) bond motifs is 4. The smallest absolute Gasteiger partial charge is 0.407 e. The first-order valence-corrected chi connectivity index (χ1v) is 21.7. The van der Waals surface area contributed by atoms with Crippen LogP contribution in [-0.2, 0) is 19.0 Å². The zero-order valence-electron chi connectivity index (χ0n) is 36.2. The maximum absolute atomic E-state index is 14.0. The summed E-state index contributed by atoms with van der Waals surface area (Å²) in [6, 6.07) is 30.6. The predicted molar refractivity (Wildman–Crippen MR) is 243 cm³/mol. The predicted octanol–water partition coefficient (Wildman–Crippen LogP) is 7.90. The summed E-state index contributed by atoms with van der Waals surface area (Å²) in [5.74, 6) is 1.26. The molecule has 9 rings (SSSR count). The number of aromatic amines is 2. The van der Waals surface area contributed by atoms with Crippen LogP contribution in [0.5, 0.6) is 0 Å². The molecule has 6 atom stereocenters. The van der Waals surface area contributed by atoms with Crippen LogP contribution in [0.3, 0.4) is 0 Å². The first-order chi connectivity index (χ1) is 31.1. The normalized spacial score (nSPS) is 18.5. The molecule has 2 fully saturated rings. The van der Waals surface area contributed by atoms with E-state index in [9.17, 15) is 19.5 Å². The van der Waals surface area contributed by atoms with Gasteiger partial charge >= 0.3 is 12.2 Å². The lowest BCUT2D eigenvalue weighted by molar-refractivity contribution is -0.134. The number of methoxy groups -OCH3 is 3. The summed E-state index contributed by atoms with van der Waals surface area (Å²) >= 11 is 0. The maximum atomic E-state index is 14.0. The number of aromatic nitrogens is 4. The van der Waals surface area contributed by atoms with Crippen LogP contribution in [0.2, 0.25) is 0 Å². The van der Waals surface area contributed by atoms with Gasteiger partial charge in [-0.25, -0.2) is 19.6 Å². The van der Waals surface area contributed by atoms with E-state index in [2.05, 4.69) is 87.3 Å². The van der Waals surface area contributed by atoms with Crippen LogP contribution in [0.4, 0.5) is 9.59 Å². The molecule has 7 aromatic rings. The minimum absolute atomic E-state index is 0.180. The molecule has 3 amide bonds. The average molecular weight is 865 g/mol. The van der Waals surface area contributed by atoms with Crippen LogP contribution in [-0.4, -0.2) is 106 Å². The van der Waals surface area contributed by atoms with Gasteiger partial charge in [0.05, 0.1) is 61.4 Å². The Labute approximate surface area is 370 Å². The maximum Gasteiger partial charge on any atom is 0.407 e. The Balaban J connectivity index is 0.922. The number of hydrogen-bond acceptors (Lipinski definition) is 10. The number of imidazole rings is 2. The number of benzene rings is 5. The third kappa shape index (κ3) is 8.25. The number of carbonyl (C=O) groups excluding carboxylic acids is 3. The molecule has 4 heterocycles. The molecule has 15 heteroatoms. The van der Waals surface area contributed by atoms with Crippen molar-refractivity contribution >= 4 is 50.7 Å². The molecule has 0 bridgehead atoms. The van der Waals surface area contributed by atoms with Crippen molar-refractivity contribution in [3.63, 3.8) is 0 Å². The van der Waals surface area contributed by atoms with Gasteiger partial charge in [0.25, 0.3) is 5.91 Å². The highest BCUT2D eigenvalue weighted by atomic mass is 16.5. The Hall–Kier alpha value is -6.81. The summed E-state index contributed by atoms with van der Waals surface area (Å²) < 4.78 is 15.2. The van der Waals surface area contributed by atoms with Crippen molar-refractivity contribution in [3.8, 4) is 22.4 Å². The van der Waals surface area contributed by atoms with Crippen molar-refractivity contribution in [1.29, 1.82) is 0 Å². The van der Waals surface area contributed by atoms with Crippen LogP contribution in [0.15, 0.2) is 103 Å². The van der Waals surface area contributed by atoms with E-state index in [0.29, 0.717) is 24.5 Å². The molecule has 5 N–H and O–H groups in total. The van der Waals surface area contributed by atoms with Crippen molar-refractivity contribution in [1.82, 2.24) is 40.4 Å². The van der Waals surface area contributed by atoms with E-state index in [4.69, 9.17) is 24.2 Å². The average Bonchev–Trinajstić information content (AvgIpc) is 4.18. The molecule has 5 aromatic carbocycles. The van der Waals surface area contributed by atoms with Crippen LogP contribution >= 0.6 is 0 Å². The van der Waals surface area contributed by atoms with Crippen molar-refractivity contribution < 1.29 is 33.7 Å². The van der Waals surface area contributed by atoms with Crippen molar-refractivity contribution in [2.75, 3.05) is 34.4 Å². The number of carbonyl (C=O) groups is 3. The summed E-state index contributed by atoms with van der Waals surface area (Å²) in [7, 11) is 4.13. The van der Waals surface area contributed by atoms with Crippen molar-refractivity contribution in [2.45, 2.75) is 69.1 Å². The Morgan fingerprint density at radius 3 is 2.16 bits per heavy atom. The van der Waals surface area contributed by atoms with Gasteiger partial charge in [-0.3, -0.25) is 9.69 Å². The molecule has 0 saturated carbocycles. The van der Waals surface area contributed by atoms with Crippen molar-refractivity contribution in [2.24, 2.45) is 0 Å². The molecule has 2 aliphatic rings. The van der Waals surface area contributed by atoms with Crippen LogP contribution in [0.1, 0.15) is 67.9 Å². The van der Waals surface area contributed by atoms with Gasteiger partial charge in [0.2, 0.25) is 0 Å². The highest BCUT2D eigenvalue weighted by Crippen LogP contribution is 2.38. The number of alkyl carbamates (subject to hydrolysis) is 2. The number of nitrogens with zero attached hydrogens (tertiary/aromatic N) is 4. The molecule has 15 nitrogen and oxygen atoms in total. The number of rotatable bonds is 12. The monoisotopic (exact) mass is 864 g/mol. The molecular formula is C49H52N8O7. The second-order valence-corrected chi connectivity index (χ2v) is 16.6. The van der Waals surface area contributed by atoms with Gasteiger partial charge in [-0.15, -0.1) is 0 Å². The van der Waals surface area contributed by atoms with E-state index in [-0.39, 0.29) is 18.0 Å². The molecule has 1 unspecified atom stereocenters. The number of aliphatic hydroxyl groups excluding tert-OH is 1. The topological polar surface area (TPSA) is 187 Å². The van der Waals surface area contributed by atoms with Gasteiger partial charge < -0.3 is 44.8 Å². The van der Waals surface area contributed by atoms with Gasteiger partial charge in [-0.1, -0.05) is 72.8 Å². The Kier molecular flexibility index (Phi) is 12.0. The molecule has 0 spiro atoms. The number of hydrogen-bond donors (Lipinski definition) is 5. The highest BCUT2D eigenvalue weighted by molar-refractivity contribution is 6.05. The van der Waals surface area contributed by atoms with Gasteiger partial charge in [0, 0.05) is 31.1 Å². The molecule has 2 aliphatic heterocycles. The van der Waals surface area contributed by atoms with Gasteiger partial charge in [0.1, 0.15) is 23.9 Å². The first-order valence-electron chi connectivity index (χ1n) is 21.7. The largest absolute Gasteiger partial charge is 0.453 e. The van der Waals surface area contributed by atoms with E-state index >= 15 is 0 Å². The molecule has 2 aromatic heterocycles. The molecule has 0 aliphatic carbocycles. The quantitative estimate of drug-likeness (QED) is 0.0808. The fourth-order valence-electron chi connectivity index (χ4n) is 9.38. The number of amides is 3. The van der Waals surface area contributed by atoms with E-state index in [1.807, 2.05) is 41.4 Å². The van der Waals surface area contributed by atoms with Crippen LogP contribution < -0.4 is 10.6 Å². The molecule has 64 heavy (non-hydrogen) atoms. The lowest BCUT2D eigenvalue weighted by atomic mass is 9.97. The summed E-state index contributed by atoms with van der Waals surface area (Å²) in [6.45, 7) is 2.99. The Bertz CT molecular complexity index is 2830. The SMILES string of the molecule is COC(=O)N[C@H](C(O)N1CCC[C@H]1c1nc2c(ccc3cc(-c4ccc5cc(-c6cnc([C@@H]7CCCN7C(=O)[C@H](NC(=O)OC)c7ccccc7)[nH]6)ccc5c4)ccc32)[nH]1)[C@@H](C)OC. The second kappa shape index (κ2) is 18.1. The third-order valence-corrected chi connectivity index (χ3v) is 12.9. The highest BCUT2D eigenvalue weighted by Gasteiger charge is 2.40. The lowest BCUT2D eigenvalue weighted by Gasteiger charge is -2.36. The summed E-state index contributed by atoms with van der Waals surface area (Å²) in [6.07, 6.45) is 2.26. The summed E-state index contributed by atoms with van der Waals surface area (Å²) in [5, 5.41) is 21.3. The van der Waals surface area contributed by atoms with E-state index in [1.54, 1.807) is 18.9 Å². The minimum Gasteiger partial charge on any atom is -0.453 e. The number of H-pyrrole nitrogens is 2. The minimum atomic E-state index is -1.02. The number of likely N-dealkylation sites (tertiary alicyclic amines) is 2. The van der Waals surface area contributed by atoms with Crippen LogP contribution in [0.25, 0.3) is 55.0 Å². The van der Waals surface area contributed by atoms with Gasteiger partial charge in [-0.2, -0.15) is 0 Å². The second-order valence-electron chi connectivity index (χ2n) is 16.6. The molecular weight excluding hydrogens is 813 g/mol. The molecule has 330 valence electrons. The summed E-state index contributed by atoms with van der Waals surface area (Å²) in [5.41, 5.74) is 6.46. The number of nitrogens with one attached hydrogen (secondary N) is 4. The number of aliphatic hydroxyl groups is 1. The van der Waals surface area contributed by atoms with E-state index in [1.165, 1.54) is 14.2 Å². The van der Waals surface area contributed by atoms with Crippen molar-refractivity contribution in [3.05, 3.63) is 120 Å². The third-order valence-electron chi connectivity index (χ3n) is 12.9. The standard InChI is InChI=1S/C49H52N8O7/c1-28(62-2)41(54-48(60)63-3)46(58)57-23-9-13-40(57)45-51-37-21-19-34-25-33(18-20-36(34)43(37)53-45)30-14-15-32-26-35(17-16-31(32)24-30)38-27-50-44(52-38)39-12-8-22-56(39)47(59)42(55-49(61)64-4)29-10-6-5-7-11-29/h5-7,10-11,14-21,24-28,39-42,46,58H,8-9,12-13,22-23H2,1-4H3,(H,50,52)(H,51,53)(H,54,60)(H,55,61)/t28-,39+,40+,41+,42-,46?/m1/s1. The number of ether oxygens (including phenoxy) is 3. The fraction of sp³-hybridized carbons (Fsp3) is 0.327. The Morgan fingerprint density at radius 2 is 1.41 bits per heavy atom. The fourth-order valence-corrected chi connectivity index (χ4v) is 9.38. The van der Waals surface area contributed by atoms with Gasteiger partial charge in [0.15, 0.2) is 0 Å². The zero-order valence-corrected chi connectivity index (χ0v) is 36.2. The molecule has 2 saturated heterocycles. The Morgan fingerprint density at radius 1 is 0.750 bits per heavy atom. The summed E-state index contributed by atoms with van der Waals surface area (Å²) in [4.78, 5) is 59.1. The van der Waals surface area contributed by atoms with E-state index in [0.717, 1.165) is 86.5 Å². The lowest BCUT2D eigenvalue weighted by Crippen LogP contribution is -2.56. The van der Waals surface area contributed by atoms with Crippen LogP contribution in [0, 0.1) is 0 Å². The van der Waals surface area contributed by atoms with E-state index < -0.39 is 36.6 Å². The molecule has 0 radical (unpaired) electrons. The first kappa shape index (κ1) is 42.5. The zero-order chi connectivity index (χ0) is 44.5. The van der Waals surface area contributed by atoms with Gasteiger partial charge in [-0.05, 0) is 89.7 Å².